The average Bonchev–Trinajstić information content (AvgIpc) is 2.94. The minimum absolute atomic E-state index is 0.146. The van der Waals surface area contributed by atoms with Crippen LogP contribution in [-0.4, -0.2) is 20.9 Å². The molecule has 0 aliphatic carbocycles. The van der Waals surface area contributed by atoms with Gasteiger partial charge in [0, 0.05) is 42.6 Å². The van der Waals surface area contributed by atoms with E-state index in [1.165, 1.54) is 0 Å². The first-order valence-electron chi connectivity index (χ1n) is 7.01. The summed E-state index contributed by atoms with van der Waals surface area (Å²) in [5.41, 5.74) is 2.35. The van der Waals surface area contributed by atoms with E-state index in [4.69, 9.17) is 0 Å². The molecule has 3 aromatic rings. The summed E-state index contributed by atoms with van der Waals surface area (Å²) < 4.78 is 0. The van der Waals surface area contributed by atoms with Crippen LogP contribution in [0, 0.1) is 0 Å². The van der Waals surface area contributed by atoms with Crippen molar-refractivity contribution >= 4 is 22.6 Å². The Bertz CT molecular complexity index is 872. The number of rotatable bonds is 3. The Balaban J connectivity index is 1.60. The van der Waals surface area contributed by atoms with Gasteiger partial charge in [0.1, 0.15) is 5.69 Å². The minimum atomic E-state index is -0.146. The van der Waals surface area contributed by atoms with Crippen LogP contribution < -0.4 is 10.6 Å². The summed E-state index contributed by atoms with van der Waals surface area (Å²) in [6.07, 6.45) is 5.36. The number of carbonyl (C=O) groups is 1. The third-order valence-corrected chi connectivity index (χ3v) is 3.71. The van der Waals surface area contributed by atoms with Crippen LogP contribution >= 0.6 is 0 Å². The molecule has 6 heteroatoms. The summed E-state index contributed by atoms with van der Waals surface area (Å²) in [7, 11) is 0. The van der Waals surface area contributed by atoms with Crippen LogP contribution in [0.5, 0.6) is 0 Å². The van der Waals surface area contributed by atoms with E-state index in [0.29, 0.717) is 24.7 Å². The molecule has 1 aliphatic rings. The van der Waals surface area contributed by atoms with Gasteiger partial charge >= 0.3 is 0 Å². The van der Waals surface area contributed by atoms with Crippen molar-refractivity contribution in [1.29, 1.82) is 0 Å². The average molecular weight is 291 g/mol. The van der Waals surface area contributed by atoms with Gasteiger partial charge in [0.2, 0.25) is 5.95 Å². The molecule has 2 N–H and O–H groups in total. The number of aromatic nitrogens is 3. The quantitative estimate of drug-likeness (QED) is 0.770. The lowest BCUT2D eigenvalue weighted by Gasteiger charge is -2.08. The van der Waals surface area contributed by atoms with Crippen LogP contribution in [0.2, 0.25) is 0 Å². The highest BCUT2D eigenvalue weighted by atomic mass is 16.2. The van der Waals surface area contributed by atoms with Gasteiger partial charge in [-0.2, -0.15) is 0 Å². The van der Waals surface area contributed by atoms with Gasteiger partial charge in [-0.05, 0) is 10.9 Å². The minimum Gasteiger partial charge on any atom is -0.350 e. The summed E-state index contributed by atoms with van der Waals surface area (Å²) in [6.45, 7) is 1.05. The smallest absolute Gasteiger partial charge is 0.270 e. The van der Waals surface area contributed by atoms with Crippen LogP contribution in [-0.2, 0) is 13.1 Å². The molecule has 22 heavy (non-hydrogen) atoms. The molecule has 0 spiro atoms. The number of nitrogens with zero attached hydrogens (tertiary/aromatic N) is 3. The molecule has 2 aromatic heterocycles. The van der Waals surface area contributed by atoms with Crippen LogP contribution in [0.4, 0.5) is 5.95 Å². The Morgan fingerprint density at radius 3 is 3.05 bits per heavy atom. The number of hydrogen-bond acceptors (Lipinski definition) is 5. The Morgan fingerprint density at radius 2 is 2.09 bits per heavy atom. The van der Waals surface area contributed by atoms with Gasteiger partial charge in [-0.1, -0.05) is 24.3 Å². The van der Waals surface area contributed by atoms with Crippen molar-refractivity contribution in [2.45, 2.75) is 13.1 Å². The molecule has 4 rings (SSSR count). The van der Waals surface area contributed by atoms with Gasteiger partial charge in [-0.15, -0.1) is 0 Å². The Hall–Kier alpha value is -3.02. The van der Waals surface area contributed by atoms with Crippen molar-refractivity contribution < 1.29 is 4.79 Å². The van der Waals surface area contributed by atoms with E-state index in [0.717, 1.165) is 21.9 Å². The molecule has 0 saturated heterocycles. The molecule has 1 aromatic carbocycles. The first kappa shape index (κ1) is 12.7. The highest BCUT2D eigenvalue weighted by Crippen LogP contribution is 2.18. The SMILES string of the molecule is O=C1NCc2cnc(NCc3cncc4ccccc34)nc21. The molecule has 1 aliphatic heterocycles. The molecule has 0 atom stereocenters. The van der Waals surface area contributed by atoms with E-state index in [9.17, 15) is 4.79 Å². The second-order valence-corrected chi connectivity index (χ2v) is 5.12. The van der Waals surface area contributed by atoms with Crippen LogP contribution in [0.1, 0.15) is 21.6 Å². The third kappa shape index (κ3) is 2.14. The largest absolute Gasteiger partial charge is 0.350 e. The van der Waals surface area contributed by atoms with Crippen LogP contribution in [0.3, 0.4) is 0 Å². The summed E-state index contributed by atoms with van der Waals surface area (Å²) in [5.74, 6) is 0.302. The van der Waals surface area contributed by atoms with E-state index in [1.807, 2.05) is 30.6 Å². The zero-order valence-corrected chi connectivity index (χ0v) is 11.7. The monoisotopic (exact) mass is 291 g/mol. The fraction of sp³-hybridized carbons (Fsp3) is 0.125. The molecule has 3 heterocycles. The molecular formula is C16H13N5O. The standard InChI is InChI=1S/C16H13N5O/c22-15-14-12(8-18-15)9-20-16(21-14)19-7-11-6-17-5-10-3-1-2-4-13(10)11/h1-6,9H,7-8H2,(H,18,22)(H,19,20,21). The van der Waals surface area contributed by atoms with E-state index in [2.05, 4.69) is 31.7 Å². The summed E-state index contributed by atoms with van der Waals surface area (Å²) in [5, 5.41) is 8.13. The molecular weight excluding hydrogens is 278 g/mol. The predicted molar refractivity (Wildman–Crippen MR) is 82.3 cm³/mol. The van der Waals surface area contributed by atoms with Gasteiger partial charge in [0.05, 0.1) is 0 Å². The zero-order valence-electron chi connectivity index (χ0n) is 11.7. The molecule has 6 nitrogen and oxygen atoms in total. The first-order chi connectivity index (χ1) is 10.8. The maximum atomic E-state index is 11.6. The number of amides is 1. The van der Waals surface area contributed by atoms with Gasteiger partial charge < -0.3 is 10.6 Å². The van der Waals surface area contributed by atoms with Crippen molar-refractivity contribution in [3.8, 4) is 0 Å². The molecule has 0 bridgehead atoms. The zero-order chi connectivity index (χ0) is 14.9. The second kappa shape index (κ2) is 5.07. The fourth-order valence-corrected chi connectivity index (χ4v) is 2.57. The number of anilines is 1. The summed E-state index contributed by atoms with van der Waals surface area (Å²) >= 11 is 0. The van der Waals surface area contributed by atoms with Gasteiger partial charge in [-0.25, -0.2) is 9.97 Å². The second-order valence-electron chi connectivity index (χ2n) is 5.12. The Kier molecular flexibility index (Phi) is 2.93. The van der Waals surface area contributed by atoms with E-state index < -0.39 is 0 Å². The maximum absolute atomic E-state index is 11.6. The highest BCUT2D eigenvalue weighted by Gasteiger charge is 2.21. The normalized spacial score (nSPS) is 13.0. The maximum Gasteiger partial charge on any atom is 0.270 e. The number of pyridine rings is 1. The van der Waals surface area contributed by atoms with E-state index in [-0.39, 0.29) is 5.91 Å². The number of benzene rings is 1. The molecule has 0 unspecified atom stereocenters. The Labute approximate surface area is 126 Å². The molecule has 0 radical (unpaired) electrons. The highest BCUT2D eigenvalue weighted by molar-refractivity contribution is 5.96. The number of hydrogen-bond donors (Lipinski definition) is 2. The first-order valence-corrected chi connectivity index (χ1v) is 7.01. The van der Waals surface area contributed by atoms with Crippen molar-refractivity contribution in [2.75, 3.05) is 5.32 Å². The van der Waals surface area contributed by atoms with Gasteiger partial charge in [0.25, 0.3) is 5.91 Å². The predicted octanol–water partition coefficient (Wildman–Crippen LogP) is 1.88. The lowest BCUT2D eigenvalue weighted by atomic mass is 10.1. The lowest BCUT2D eigenvalue weighted by Crippen LogP contribution is -2.14. The van der Waals surface area contributed by atoms with E-state index >= 15 is 0 Å². The molecule has 0 saturated carbocycles. The number of carbonyl (C=O) groups excluding carboxylic acids is 1. The topological polar surface area (TPSA) is 79.8 Å². The van der Waals surface area contributed by atoms with E-state index in [1.54, 1.807) is 6.20 Å². The van der Waals surface area contributed by atoms with Gasteiger partial charge in [0.15, 0.2) is 0 Å². The van der Waals surface area contributed by atoms with Crippen molar-refractivity contribution in [2.24, 2.45) is 0 Å². The summed E-state index contributed by atoms with van der Waals surface area (Å²) in [6, 6.07) is 8.08. The lowest BCUT2D eigenvalue weighted by molar-refractivity contribution is 0.0961. The summed E-state index contributed by atoms with van der Waals surface area (Å²) in [4.78, 5) is 24.4. The fourth-order valence-electron chi connectivity index (χ4n) is 2.57. The molecule has 1 amide bonds. The molecule has 108 valence electrons. The number of fused-ring (bicyclic) bond motifs is 2. The van der Waals surface area contributed by atoms with Crippen LogP contribution in [0.15, 0.2) is 42.9 Å². The van der Waals surface area contributed by atoms with Crippen molar-refractivity contribution in [1.82, 2.24) is 20.3 Å². The van der Waals surface area contributed by atoms with Crippen molar-refractivity contribution in [3.05, 3.63) is 59.7 Å². The van der Waals surface area contributed by atoms with Crippen molar-refractivity contribution in [3.63, 3.8) is 0 Å². The molecule has 0 fully saturated rings. The van der Waals surface area contributed by atoms with Gasteiger partial charge in [-0.3, -0.25) is 9.78 Å². The van der Waals surface area contributed by atoms with Crippen LogP contribution in [0.25, 0.3) is 10.8 Å². The third-order valence-electron chi connectivity index (χ3n) is 3.71. The number of nitrogens with one attached hydrogen (secondary N) is 2. The Morgan fingerprint density at radius 1 is 1.18 bits per heavy atom.